The first-order valence-corrected chi connectivity index (χ1v) is 6.56. The van der Waals surface area contributed by atoms with E-state index in [9.17, 15) is 9.59 Å². The highest BCUT2D eigenvalue weighted by Gasteiger charge is 2.08. The number of hydrogen-bond acceptors (Lipinski definition) is 3. The molecule has 0 bridgehead atoms. The van der Waals surface area contributed by atoms with Gasteiger partial charge in [-0.25, -0.2) is 0 Å². The van der Waals surface area contributed by atoms with Crippen LogP contribution in [0.3, 0.4) is 0 Å². The van der Waals surface area contributed by atoms with Crippen molar-refractivity contribution < 1.29 is 9.59 Å². The SMILES string of the molecule is C=CCNC(=O)c1ccc(NC(=O)CC(C)CN)cc1. The Morgan fingerprint density at radius 2 is 2.00 bits per heavy atom. The van der Waals surface area contributed by atoms with E-state index in [1.165, 1.54) is 0 Å². The largest absolute Gasteiger partial charge is 0.349 e. The molecular formula is C15H21N3O2. The van der Waals surface area contributed by atoms with Gasteiger partial charge >= 0.3 is 0 Å². The Balaban J connectivity index is 2.56. The molecule has 0 spiro atoms. The van der Waals surface area contributed by atoms with Crippen molar-refractivity contribution in [3.05, 3.63) is 42.5 Å². The minimum Gasteiger partial charge on any atom is -0.349 e. The molecule has 1 rings (SSSR count). The molecule has 1 aromatic rings. The molecule has 20 heavy (non-hydrogen) atoms. The van der Waals surface area contributed by atoms with Crippen molar-refractivity contribution in [2.75, 3.05) is 18.4 Å². The number of nitrogens with one attached hydrogen (secondary N) is 2. The fraction of sp³-hybridized carbons (Fsp3) is 0.333. The van der Waals surface area contributed by atoms with Gasteiger partial charge in [0.05, 0.1) is 0 Å². The lowest BCUT2D eigenvalue weighted by Gasteiger charge is -2.09. The van der Waals surface area contributed by atoms with Gasteiger partial charge in [-0.3, -0.25) is 9.59 Å². The summed E-state index contributed by atoms with van der Waals surface area (Å²) in [4.78, 5) is 23.3. The van der Waals surface area contributed by atoms with Crippen LogP contribution in [0.1, 0.15) is 23.7 Å². The highest BCUT2D eigenvalue weighted by atomic mass is 16.2. The van der Waals surface area contributed by atoms with Crippen molar-refractivity contribution in [2.45, 2.75) is 13.3 Å². The maximum absolute atomic E-state index is 11.7. The fourth-order valence-electron chi connectivity index (χ4n) is 1.58. The average Bonchev–Trinajstić information content (AvgIpc) is 2.45. The van der Waals surface area contributed by atoms with E-state index in [2.05, 4.69) is 17.2 Å². The summed E-state index contributed by atoms with van der Waals surface area (Å²) in [5, 5.41) is 5.46. The second-order valence-corrected chi connectivity index (χ2v) is 4.67. The zero-order valence-corrected chi connectivity index (χ0v) is 11.7. The molecule has 5 heteroatoms. The molecule has 5 nitrogen and oxygen atoms in total. The number of carbonyl (C=O) groups excluding carboxylic acids is 2. The standard InChI is InChI=1S/C15H21N3O2/c1-3-8-17-15(20)12-4-6-13(7-5-12)18-14(19)9-11(2)10-16/h3-7,11H,1,8-10,16H2,2H3,(H,17,20)(H,18,19). The van der Waals surface area contributed by atoms with E-state index in [4.69, 9.17) is 5.73 Å². The Kier molecular flexibility index (Phi) is 6.46. The Labute approximate surface area is 119 Å². The average molecular weight is 275 g/mol. The second kappa shape index (κ2) is 8.12. The van der Waals surface area contributed by atoms with Crippen LogP contribution in [0.2, 0.25) is 0 Å². The third-order valence-electron chi connectivity index (χ3n) is 2.77. The van der Waals surface area contributed by atoms with Crippen molar-refractivity contribution in [1.29, 1.82) is 0 Å². The molecule has 1 aromatic carbocycles. The van der Waals surface area contributed by atoms with Crippen LogP contribution < -0.4 is 16.4 Å². The molecule has 0 aliphatic rings. The monoisotopic (exact) mass is 275 g/mol. The van der Waals surface area contributed by atoms with E-state index in [1.807, 2.05) is 6.92 Å². The molecule has 0 radical (unpaired) electrons. The quantitative estimate of drug-likeness (QED) is 0.660. The number of anilines is 1. The van der Waals surface area contributed by atoms with Crippen molar-refractivity contribution >= 4 is 17.5 Å². The van der Waals surface area contributed by atoms with Gasteiger partial charge in [0.15, 0.2) is 0 Å². The first-order chi connectivity index (χ1) is 9.56. The lowest BCUT2D eigenvalue weighted by atomic mass is 10.1. The molecule has 2 amide bonds. The van der Waals surface area contributed by atoms with Crippen molar-refractivity contribution in [1.82, 2.24) is 5.32 Å². The number of rotatable bonds is 7. The molecule has 0 saturated heterocycles. The van der Waals surface area contributed by atoms with Crippen LogP contribution in [-0.4, -0.2) is 24.9 Å². The minimum absolute atomic E-state index is 0.0770. The van der Waals surface area contributed by atoms with E-state index in [0.29, 0.717) is 30.8 Å². The normalized spacial score (nSPS) is 11.5. The molecule has 108 valence electrons. The maximum Gasteiger partial charge on any atom is 0.251 e. The molecule has 1 unspecified atom stereocenters. The molecule has 0 aromatic heterocycles. The molecule has 1 atom stereocenters. The summed E-state index contributed by atoms with van der Waals surface area (Å²) in [5.41, 5.74) is 6.68. The number of carbonyl (C=O) groups is 2. The molecule has 0 heterocycles. The Morgan fingerprint density at radius 1 is 1.35 bits per heavy atom. The number of benzene rings is 1. The van der Waals surface area contributed by atoms with Gasteiger partial charge in [0, 0.05) is 24.2 Å². The van der Waals surface area contributed by atoms with E-state index in [0.717, 1.165) is 0 Å². The molecule has 0 aliphatic carbocycles. The lowest BCUT2D eigenvalue weighted by molar-refractivity contribution is -0.116. The van der Waals surface area contributed by atoms with Crippen LogP contribution in [-0.2, 0) is 4.79 Å². The third kappa shape index (κ3) is 5.24. The van der Waals surface area contributed by atoms with Gasteiger partial charge in [0.25, 0.3) is 5.91 Å². The molecule has 0 fully saturated rings. The van der Waals surface area contributed by atoms with Crippen LogP contribution in [0.25, 0.3) is 0 Å². The van der Waals surface area contributed by atoms with Crippen molar-refractivity contribution in [2.24, 2.45) is 11.7 Å². The molecule has 0 aliphatic heterocycles. The van der Waals surface area contributed by atoms with Gasteiger partial charge in [-0.2, -0.15) is 0 Å². The smallest absolute Gasteiger partial charge is 0.251 e. The predicted molar refractivity (Wildman–Crippen MR) is 80.4 cm³/mol. The summed E-state index contributed by atoms with van der Waals surface area (Å²) in [6.07, 6.45) is 2.00. The number of hydrogen-bond donors (Lipinski definition) is 3. The van der Waals surface area contributed by atoms with Crippen LogP contribution in [0, 0.1) is 5.92 Å². The zero-order chi connectivity index (χ0) is 15.0. The summed E-state index contributed by atoms with van der Waals surface area (Å²) in [6.45, 7) is 6.36. The summed E-state index contributed by atoms with van der Waals surface area (Å²) < 4.78 is 0. The fourth-order valence-corrected chi connectivity index (χ4v) is 1.58. The van der Waals surface area contributed by atoms with Crippen LogP contribution in [0.15, 0.2) is 36.9 Å². The van der Waals surface area contributed by atoms with E-state index in [-0.39, 0.29) is 17.7 Å². The summed E-state index contributed by atoms with van der Waals surface area (Å²) in [6, 6.07) is 6.74. The van der Waals surface area contributed by atoms with Crippen molar-refractivity contribution in [3.8, 4) is 0 Å². The van der Waals surface area contributed by atoms with Gasteiger partial charge in [-0.05, 0) is 36.7 Å². The highest BCUT2D eigenvalue weighted by molar-refractivity contribution is 5.95. The molecular weight excluding hydrogens is 254 g/mol. The zero-order valence-electron chi connectivity index (χ0n) is 11.7. The van der Waals surface area contributed by atoms with Crippen LogP contribution >= 0.6 is 0 Å². The topological polar surface area (TPSA) is 84.2 Å². The van der Waals surface area contributed by atoms with Gasteiger partial charge in [0.1, 0.15) is 0 Å². The first kappa shape index (κ1) is 15.9. The van der Waals surface area contributed by atoms with E-state index in [1.54, 1.807) is 30.3 Å². The van der Waals surface area contributed by atoms with Crippen molar-refractivity contribution in [3.63, 3.8) is 0 Å². The van der Waals surface area contributed by atoms with Crippen LogP contribution in [0.5, 0.6) is 0 Å². The number of amides is 2. The Bertz CT molecular complexity index is 469. The first-order valence-electron chi connectivity index (χ1n) is 6.56. The Morgan fingerprint density at radius 3 is 2.55 bits per heavy atom. The van der Waals surface area contributed by atoms with Gasteiger partial charge in [-0.1, -0.05) is 13.0 Å². The highest BCUT2D eigenvalue weighted by Crippen LogP contribution is 2.11. The Hall–Kier alpha value is -2.14. The minimum atomic E-state index is -0.167. The summed E-state index contributed by atoms with van der Waals surface area (Å²) >= 11 is 0. The lowest BCUT2D eigenvalue weighted by Crippen LogP contribution is -2.23. The van der Waals surface area contributed by atoms with Gasteiger partial charge in [-0.15, -0.1) is 6.58 Å². The summed E-state index contributed by atoms with van der Waals surface area (Å²) in [7, 11) is 0. The van der Waals surface area contributed by atoms with E-state index >= 15 is 0 Å². The molecule has 4 N–H and O–H groups in total. The number of nitrogens with two attached hydrogens (primary N) is 1. The predicted octanol–water partition coefficient (Wildman–Crippen LogP) is 1.53. The van der Waals surface area contributed by atoms with Gasteiger partial charge < -0.3 is 16.4 Å². The maximum atomic E-state index is 11.7. The second-order valence-electron chi connectivity index (χ2n) is 4.67. The summed E-state index contributed by atoms with van der Waals surface area (Å²) in [5.74, 6) is -0.0923. The molecule has 0 saturated carbocycles. The third-order valence-corrected chi connectivity index (χ3v) is 2.77. The van der Waals surface area contributed by atoms with E-state index < -0.39 is 0 Å². The van der Waals surface area contributed by atoms with Crippen LogP contribution in [0.4, 0.5) is 5.69 Å². The van der Waals surface area contributed by atoms with Gasteiger partial charge in [0.2, 0.25) is 5.91 Å².